The van der Waals surface area contributed by atoms with E-state index < -0.39 is 17.2 Å². The smallest absolute Gasteiger partial charge is 0.407 e. The van der Waals surface area contributed by atoms with E-state index in [4.69, 9.17) is 9.47 Å². The zero-order valence-electron chi connectivity index (χ0n) is 28.8. The van der Waals surface area contributed by atoms with Gasteiger partial charge in [0.05, 0.1) is 7.11 Å². The third kappa shape index (κ3) is 9.12. The number of methoxy groups -OCH3 is 1. The Balaban J connectivity index is 1.09. The average molecular weight is 659 g/mol. The number of alkyl carbamates (subject to hydrolysis) is 1. The van der Waals surface area contributed by atoms with Crippen molar-refractivity contribution in [3.8, 4) is 11.1 Å². The molecule has 258 valence electrons. The third-order valence-corrected chi connectivity index (χ3v) is 8.86. The first-order valence-electron chi connectivity index (χ1n) is 17.1. The number of nitrogens with zero attached hydrogens (tertiary/aromatic N) is 4. The summed E-state index contributed by atoms with van der Waals surface area (Å²) in [6.07, 6.45) is 10.6. The lowest BCUT2D eigenvalue weighted by Crippen LogP contribution is -2.51. The molecule has 0 bridgehead atoms. The quantitative estimate of drug-likeness (QED) is 0.116. The Morgan fingerprint density at radius 3 is 2.46 bits per heavy atom. The molecule has 12 heteroatoms. The van der Waals surface area contributed by atoms with Crippen LogP contribution in [0.5, 0.6) is 0 Å². The van der Waals surface area contributed by atoms with Gasteiger partial charge in [0.15, 0.2) is 0 Å². The molecule has 2 fully saturated rings. The van der Waals surface area contributed by atoms with Gasteiger partial charge in [0.1, 0.15) is 17.0 Å². The number of rotatable bonds is 14. The van der Waals surface area contributed by atoms with Crippen LogP contribution in [0, 0.1) is 5.92 Å². The Morgan fingerprint density at radius 1 is 1.00 bits per heavy atom. The number of hydrogen-bond acceptors (Lipinski definition) is 11. The van der Waals surface area contributed by atoms with Crippen LogP contribution in [-0.2, 0) is 14.3 Å². The molecule has 2 atom stereocenters. The Kier molecular flexibility index (Phi) is 11.4. The second-order valence-electron chi connectivity index (χ2n) is 13.7. The van der Waals surface area contributed by atoms with Crippen LogP contribution in [0.25, 0.3) is 11.1 Å². The summed E-state index contributed by atoms with van der Waals surface area (Å²) in [5.41, 5.74) is 2.88. The van der Waals surface area contributed by atoms with Crippen molar-refractivity contribution in [1.29, 1.82) is 0 Å². The fourth-order valence-electron chi connectivity index (χ4n) is 6.48. The maximum Gasteiger partial charge on any atom is 0.407 e. The van der Waals surface area contributed by atoms with Crippen molar-refractivity contribution < 1.29 is 19.1 Å². The van der Waals surface area contributed by atoms with Crippen molar-refractivity contribution in [2.45, 2.75) is 83.4 Å². The van der Waals surface area contributed by atoms with Crippen LogP contribution in [0.1, 0.15) is 66.2 Å². The first kappa shape index (κ1) is 34.9. The van der Waals surface area contributed by atoms with Crippen molar-refractivity contribution in [1.82, 2.24) is 25.2 Å². The molecule has 12 nitrogen and oxygen atoms in total. The van der Waals surface area contributed by atoms with Gasteiger partial charge in [0.25, 0.3) is 0 Å². The summed E-state index contributed by atoms with van der Waals surface area (Å²) in [5, 5.41) is 13.1. The van der Waals surface area contributed by atoms with Crippen molar-refractivity contribution >= 4 is 35.2 Å². The highest BCUT2D eigenvalue weighted by Crippen LogP contribution is 2.52. The molecule has 1 aliphatic heterocycles. The fourth-order valence-corrected chi connectivity index (χ4v) is 6.48. The number of esters is 1. The van der Waals surface area contributed by atoms with Crippen molar-refractivity contribution in [3.63, 3.8) is 0 Å². The molecule has 2 aromatic heterocycles. The van der Waals surface area contributed by atoms with E-state index in [-0.39, 0.29) is 5.97 Å². The molecule has 4 N–H and O–H groups in total. The summed E-state index contributed by atoms with van der Waals surface area (Å²) in [7, 11) is 1.51. The fraction of sp³-hybridized carbons (Fsp3) is 0.528. The minimum absolute atomic E-state index is 0.0662. The van der Waals surface area contributed by atoms with Crippen LogP contribution in [0.4, 0.5) is 27.9 Å². The molecule has 1 amide bonds. The molecule has 5 rings (SSSR count). The van der Waals surface area contributed by atoms with E-state index in [1.807, 2.05) is 45.0 Å². The van der Waals surface area contributed by atoms with Crippen LogP contribution in [0.3, 0.4) is 0 Å². The molecule has 0 radical (unpaired) electrons. The van der Waals surface area contributed by atoms with E-state index >= 15 is 0 Å². The summed E-state index contributed by atoms with van der Waals surface area (Å²) >= 11 is 0. The molecular formula is C36H50N8O4. The number of amides is 1. The second kappa shape index (κ2) is 15.6. The Hall–Kier alpha value is -4.45. The number of aromatic nitrogens is 3. The molecular weight excluding hydrogens is 608 g/mol. The predicted molar refractivity (Wildman–Crippen MR) is 188 cm³/mol. The molecule has 1 aliphatic carbocycles. The van der Waals surface area contributed by atoms with Gasteiger partial charge < -0.3 is 30.7 Å². The maximum absolute atomic E-state index is 12.7. The topological polar surface area (TPSA) is 143 Å². The van der Waals surface area contributed by atoms with Crippen LogP contribution in [0.15, 0.2) is 55.0 Å². The lowest BCUT2D eigenvalue weighted by molar-refractivity contribution is -0.150. The second-order valence-corrected chi connectivity index (χ2v) is 13.7. The van der Waals surface area contributed by atoms with Gasteiger partial charge in [0, 0.05) is 67.7 Å². The van der Waals surface area contributed by atoms with E-state index in [0.717, 1.165) is 73.5 Å². The van der Waals surface area contributed by atoms with E-state index in [1.54, 1.807) is 18.6 Å². The maximum atomic E-state index is 12.7. The summed E-state index contributed by atoms with van der Waals surface area (Å²) in [6, 6.07) is 12.5. The monoisotopic (exact) mass is 658 g/mol. The van der Waals surface area contributed by atoms with Gasteiger partial charge in [-0.2, -0.15) is 0 Å². The molecule has 48 heavy (non-hydrogen) atoms. The van der Waals surface area contributed by atoms with Gasteiger partial charge in [-0.3, -0.25) is 9.69 Å². The number of benzene rings is 1. The molecule has 0 spiro atoms. The van der Waals surface area contributed by atoms with Crippen molar-refractivity contribution in [2.75, 3.05) is 49.2 Å². The number of nitrogens with one attached hydrogen (secondary N) is 4. The Bertz CT molecular complexity index is 1520. The SMILES string of the molecule is CCCC1CC1(C(=O)OC)N1CCC(Nc2cccc(Nc3cc(-c4cnc(NCCCNC(=O)OC(C)(C)C)nc4)ccn3)c2)CC1. The summed E-state index contributed by atoms with van der Waals surface area (Å²) in [4.78, 5) is 40.3. The highest BCUT2D eigenvalue weighted by atomic mass is 16.6. The first-order valence-corrected chi connectivity index (χ1v) is 17.1. The summed E-state index contributed by atoms with van der Waals surface area (Å²) in [6.45, 7) is 10.6. The zero-order valence-corrected chi connectivity index (χ0v) is 28.8. The summed E-state index contributed by atoms with van der Waals surface area (Å²) in [5.74, 6) is 1.59. The van der Waals surface area contributed by atoms with E-state index in [1.165, 1.54) is 7.11 Å². The lowest BCUT2D eigenvalue weighted by Gasteiger charge is -2.38. The van der Waals surface area contributed by atoms with E-state index in [0.29, 0.717) is 37.4 Å². The van der Waals surface area contributed by atoms with Crippen molar-refractivity contribution in [3.05, 3.63) is 55.0 Å². The highest BCUT2D eigenvalue weighted by molar-refractivity contribution is 5.85. The Morgan fingerprint density at radius 2 is 1.75 bits per heavy atom. The summed E-state index contributed by atoms with van der Waals surface area (Å²) < 4.78 is 10.5. The zero-order chi connectivity index (χ0) is 34.1. The van der Waals surface area contributed by atoms with E-state index in [2.05, 4.69) is 60.2 Å². The molecule has 1 aromatic carbocycles. The standard InChI is InChI=1S/C36H50N8O4/c1-6-9-27-22-36(27,32(45)47-5)44-18-13-28(14-19-44)42-29-10-7-11-30(21-29)43-31-20-25(12-17-37-31)26-23-40-33(41-24-26)38-15-8-16-39-34(46)48-35(2,3)4/h7,10-12,17,20-21,23-24,27-28,42H,6,8-9,13-16,18-19,22H2,1-5H3,(H,37,43)(H,39,46)(H,38,40,41). The number of ether oxygens (including phenoxy) is 2. The largest absolute Gasteiger partial charge is 0.468 e. The number of piperidine rings is 1. The van der Waals surface area contributed by atoms with Crippen molar-refractivity contribution in [2.24, 2.45) is 5.92 Å². The predicted octanol–water partition coefficient (Wildman–Crippen LogP) is 6.22. The molecule has 3 heterocycles. The number of carbonyl (C=O) groups excluding carboxylic acids is 2. The number of likely N-dealkylation sites (tertiary alicyclic amines) is 1. The molecule has 3 aromatic rings. The number of carbonyl (C=O) groups is 2. The number of pyridine rings is 1. The Labute approximate surface area is 283 Å². The minimum Gasteiger partial charge on any atom is -0.468 e. The first-order chi connectivity index (χ1) is 23.1. The van der Waals surface area contributed by atoms with Crippen LogP contribution in [0.2, 0.25) is 0 Å². The molecule has 2 aliphatic rings. The minimum atomic E-state index is -0.515. The van der Waals surface area contributed by atoms with Gasteiger partial charge in [-0.05, 0) is 94.7 Å². The van der Waals surface area contributed by atoms with Gasteiger partial charge in [-0.25, -0.2) is 19.7 Å². The normalized spacial score (nSPS) is 19.6. The molecule has 2 unspecified atom stereocenters. The highest BCUT2D eigenvalue weighted by Gasteiger charge is 2.64. The number of anilines is 4. The molecule has 1 saturated heterocycles. The van der Waals surface area contributed by atoms with E-state index in [9.17, 15) is 9.59 Å². The van der Waals surface area contributed by atoms with Gasteiger partial charge in [0.2, 0.25) is 5.95 Å². The van der Waals surface area contributed by atoms with Gasteiger partial charge in [-0.1, -0.05) is 19.4 Å². The van der Waals surface area contributed by atoms with Gasteiger partial charge in [-0.15, -0.1) is 0 Å². The van der Waals surface area contributed by atoms with Crippen LogP contribution in [-0.4, -0.2) is 82.4 Å². The van der Waals surface area contributed by atoms with Crippen LogP contribution >= 0.6 is 0 Å². The average Bonchev–Trinajstić information content (AvgIpc) is 3.79. The molecule has 1 saturated carbocycles. The van der Waals surface area contributed by atoms with Gasteiger partial charge >= 0.3 is 12.1 Å². The lowest BCUT2D eigenvalue weighted by atomic mass is 9.99. The third-order valence-electron chi connectivity index (χ3n) is 8.86. The number of hydrogen-bond donors (Lipinski definition) is 4. The van der Waals surface area contributed by atoms with Crippen LogP contribution < -0.4 is 21.3 Å².